The summed E-state index contributed by atoms with van der Waals surface area (Å²) in [6, 6.07) is 2.67. The second-order valence-electron chi connectivity index (χ2n) is 5.29. The highest BCUT2D eigenvalue weighted by Gasteiger charge is 2.33. The van der Waals surface area contributed by atoms with Gasteiger partial charge in [-0.3, -0.25) is 0 Å². The number of thiophene rings is 1. The zero-order valence-electron chi connectivity index (χ0n) is 10.5. The fourth-order valence-corrected chi connectivity index (χ4v) is 6.45. The first-order chi connectivity index (χ1) is 8.66. The van der Waals surface area contributed by atoms with Crippen molar-refractivity contribution in [3.63, 3.8) is 0 Å². The number of thioether (sulfide) groups is 2. The maximum absolute atomic E-state index is 10.4. The predicted molar refractivity (Wildman–Crippen MR) is 81.9 cm³/mol. The SMILES string of the molecule is C[C@H]1CC(NCC2(O)CCSC2)c2ccsc2S1. The van der Waals surface area contributed by atoms with Crippen molar-refractivity contribution in [1.82, 2.24) is 5.32 Å². The molecule has 2 aliphatic rings. The number of rotatable bonds is 3. The lowest BCUT2D eigenvalue weighted by Gasteiger charge is -2.31. The largest absolute Gasteiger partial charge is 0.388 e. The Bertz CT molecular complexity index is 414. The van der Waals surface area contributed by atoms with Gasteiger partial charge in [0.05, 0.1) is 9.81 Å². The van der Waals surface area contributed by atoms with E-state index in [0.29, 0.717) is 11.3 Å². The number of aliphatic hydroxyl groups is 1. The summed E-state index contributed by atoms with van der Waals surface area (Å²) in [5.74, 6) is 1.98. The van der Waals surface area contributed by atoms with E-state index in [4.69, 9.17) is 0 Å². The molecule has 1 aromatic heterocycles. The molecule has 2 aliphatic heterocycles. The minimum absolute atomic E-state index is 0.428. The molecule has 0 bridgehead atoms. The second kappa shape index (κ2) is 5.37. The summed E-state index contributed by atoms with van der Waals surface area (Å²) < 4.78 is 1.46. The molecule has 2 nitrogen and oxygen atoms in total. The van der Waals surface area contributed by atoms with Crippen LogP contribution in [0.5, 0.6) is 0 Å². The summed E-state index contributed by atoms with van der Waals surface area (Å²) in [5, 5.41) is 16.9. The Morgan fingerprint density at radius 1 is 1.56 bits per heavy atom. The monoisotopic (exact) mass is 301 g/mol. The van der Waals surface area contributed by atoms with Gasteiger partial charge in [-0.1, -0.05) is 6.92 Å². The Balaban J connectivity index is 1.66. The molecule has 3 heterocycles. The normalized spacial score (nSPS) is 35.7. The molecule has 3 atom stereocenters. The van der Waals surface area contributed by atoms with Crippen molar-refractivity contribution >= 4 is 34.9 Å². The van der Waals surface area contributed by atoms with Crippen molar-refractivity contribution in [2.45, 2.75) is 40.9 Å². The molecule has 1 aromatic rings. The fourth-order valence-electron chi connectivity index (χ4n) is 2.59. The lowest BCUT2D eigenvalue weighted by atomic mass is 10.0. The lowest BCUT2D eigenvalue weighted by molar-refractivity contribution is 0.0640. The molecule has 2 unspecified atom stereocenters. The van der Waals surface area contributed by atoms with Gasteiger partial charge in [-0.05, 0) is 35.6 Å². The van der Waals surface area contributed by atoms with Crippen LogP contribution in [-0.4, -0.2) is 34.0 Å². The molecule has 0 aromatic carbocycles. The van der Waals surface area contributed by atoms with Gasteiger partial charge < -0.3 is 10.4 Å². The average molecular weight is 302 g/mol. The Labute approximate surface area is 121 Å². The highest BCUT2D eigenvalue weighted by molar-refractivity contribution is 8.01. The smallest absolute Gasteiger partial charge is 0.0869 e. The van der Waals surface area contributed by atoms with Gasteiger partial charge in [0, 0.05) is 23.6 Å². The zero-order valence-corrected chi connectivity index (χ0v) is 13.0. The van der Waals surface area contributed by atoms with Gasteiger partial charge in [0.25, 0.3) is 0 Å². The van der Waals surface area contributed by atoms with Crippen LogP contribution >= 0.6 is 34.9 Å². The number of nitrogens with one attached hydrogen (secondary N) is 1. The van der Waals surface area contributed by atoms with E-state index in [9.17, 15) is 5.11 Å². The highest BCUT2D eigenvalue weighted by atomic mass is 32.2. The van der Waals surface area contributed by atoms with Gasteiger partial charge in [0.2, 0.25) is 0 Å². The van der Waals surface area contributed by atoms with Crippen LogP contribution in [0.4, 0.5) is 0 Å². The van der Waals surface area contributed by atoms with Gasteiger partial charge in [0.15, 0.2) is 0 Å². The Morgan fingerprint density at radius 2 is 2.44 bits per heavy atom. The third kappa shape index (κ3) is 2.75. The average Bonchev–Trinajstić information content (AvgIpc) is 2.95. The van der Waals surface area contributed by atoms with Crippen molar-refractivity contribution in [2.75, 3.05) is 18.1 Å². The quantitative estimate of drug-likeness (QED) is 0.898. The number of hydrogen-bond acceptors (Lipinski definition) is 5. The zero-order chi connectivity index (χ0) is 12.6. The van der Waals surface area contributed by atoms with Gasteiger partial charge in [-0.2, -0.15) is 11.8 Å². The van der Waals surface area contributed by atoms with Gasteiger partial charge >= 0.3 is 0 Å². The molecular formula is C13H19NOS3. The maximum atomic E-state index is 10.4. The summed E-state index contributed by atoms with van der Waals surface area (Å²) >= 11 is 5.70. The molecule has 1 fully saturated rings. The van der Waals surface area contributed by atoms with Crippen molar-refractivity contribution in [3.8, 4) is 0 Å². The third-order valence-electron chi connectivity index (χ3n) is 3.67. The second-order valence-corrected chi connectivity index (χ2v) is 9.02. The molecule has 3 rings (SSSR count). The van der Waals surface area contributed by atoms with Gasteiger partial charge in [-0.25, -0.2) is 0 Å². The molecule has 1 saturated heterocycles. The molecular weight excluding hydrogens is 282 g/mol. The maximum Gasteiger partial charge on any atom is 0.0869 e. The van der Waals surface area contributed by atoms with Crippen LogP contribution in [0.3, 0.4) is 0 Å². The van der Waals surface area contributed by atoms with Crippen LogP contribution in [-0.2, 0) is 0 Å². The van der Waals surface area contributed by atoms with E-state index in [-0.39, 0.29) is 0 Å². The van der Waals surface area contributed by atoms with Crippen LogP contribution in [0.2, 0.25) is 0 Å². The molecule has 0 radical (unpaired) electrons. The van der Waals surface area contributed by atoms with Crippen molar-refractivity contribution in [3.05, 3.63) is 17.0 Å². The van der Waals surface area contributed by atoms with E-state index < -0.39 is 5.60 Å². The predicted octanol–water partition coefficient (Wildman–Crippen LogP) is 3.13. The highest BCUT2D eigenvalue weighted by Crippen LogP contribution is 2.43. The molecule has 2 N–H and O–H groups in total. The van der Waals surface area contributed by atoms with Gasteiger partial charge in [0.1, 0.15) is 0 Å². The Kier molecular flexibility index (Phi) is 3.97. The number of fused-ring (bicyclic) bond motifs is 1. The van der Waals surface area contributed by atoms with Crippen molar-refractivity contribution < 1.29 is 5.11 Å². The summed E-state index contributed by atoms with van der Waals surface area (Å²) in [6.07, 6.45) is 2.09. The summed E-state index contributed by atoms with van der Waals surface area (Å²) in [4.78, 5) is 0. The Hall–Kier alpha value is 0.320. The van der Waals surface area contributed by atoms with E-state index in [1.165, 1.54) is 9.77 Å². The van der Waals surface area contributed by atoms with Gasteiger partial charge in [-0.15, -0.1) is 23.1 Å². The molecule has 18 heavy (non-hydrogen) atoms. The van der Waals surface area contributed by atoms with Crippen LogP contribution in [0.1, 0.15) is 31.4 Å². The minimum Gasteiger partial charge on any atom is -0.388 e. The van der Waals surface area contributed by atoms with E-state index in [2.05, 4.69) is 23.7 Å². The first kappa shape index (κ1) is 13.3. The minimum atomic E-state index is -0.478. The molecule has 0 spiro atoms. The van der Waals surface area contributed by atoms with Crippen LogP contribution in [0.25, 0.3) is 0 Å². The molecule has 5 heteroatoms. The molecule has 0 saturated carbocycles. The standard InChI is InChI=1S/C13H19NOS3/c1-9-6-11(10-2-4-17-12(10)18-9)14-7-13(15)3-5-16-8-13/h2,4,9,11,14-15H,3,5-8H2,1H3/t9-,11?,13?/m0/s1. The number of hydrogen-bond donors (Lipinski definition) is 2. The van der Waals surface area contributed by atoms with E-state index >= 15 is 0 Å². The van der Waals surface area contributed by atoms with Crippen molar-refractivity contribution in [2.24, 2.45) is 0 Å². The summed E-state index contributed by atoms with van der Waals surface area (Å²) in [7, 11) is 0. The molecule has 100 valence electrons. The first-order valence-electron chi connectivity index (χ1n) is 6.44. The van der Waals surface area contributed by atoms with Crippen molar-refractivity contribution in [1.29, 1.82) is 0 Å². The lowest BCUT2D eigenvalue weighted by Crippen LogP contribution is -2.42. The fraction of sp³-hybridized carbons (Fsp3) is 0.692. The molecule has 0 amide bonds. The first-order valence-corrected chi connectivity index (χ1v) is 9.35. The molecule has 0 aliphatic carbocycles. The summed E-state index contributed by atoms with van der Waals surface area (Å²) in [5.41, 5.74) is 0.964. The third-order valence-corrected chi connectivity index (χ3v) is 7.25. The van der Waals surface area contributed by atoms with E-state index in [1.54, 1.807) is 0 Å². The van der Waals surface area contributed by atoms with Crippen LogP contribution in [0, 0.1) is 0 Å². The van der Waals surface area contributed by atoms with Crippen LogP contribution < -0.4 is 5.32 Å². The van der Waals surface area contributed by atoms with Crippen LogP contribution in [0.15, 0.2) is 15.7 Å². The summed E-state index contributed by atoms with van der Waals surface area (Å²) in [6.45, 7) is 3.03. The van der Waals surface area contributed by atoms with E-state index in [1.807, 2.05) is 34.9 Å². The Morgan fingerprint density at radius 3 is 3.22 bits per heavy atom. The topological polar surface area (TPSA) is 32.3 Å². The van der Waals surface area contributed by atoms with E-state index in [0.717, 1.165) is 30.9 Å².